The second kappa shape index (κ2) is 9.21. The molecule has 8 heteroatoms. The maximum atomic E-state index is 12.7. The van der Waals surface area contributed by atoms with Gasteiger partial charge in [0, 0.05) is 48.8 Å². The first-order valence-corrected chi connectivity index (χ1v) is 11.4. The zero-order valence-corrected chi connectivity index (χ0v) is 19.2. The molecule has 3 heterocycles. The molecule has 1 saturated heterocycles. The van der Waals surface area contributed by atoms with E-state index in [2.05, 4.69) is 51.0 Å². The molecule has 33 heavy (non-hydrogen) atoms. The summed E-state index contributed by atoms with van der Waals surface area (Å²) in [5.74, 6) is 0.950. The minimum atomic E-state index is -0.104. The molecule has 1 N–H and O–H groups in total. The number of halogens is 1. The van der Waals surface area contributed by atoms with Crippen molar-refractivity contribution in [2.45, 2.75) is 13.5 Å². The number of nitrogens with zero attached hydrogens (tertiary/aromatic N) is 5. The number of benzene rings is 2. The van der Waals surface area contributed by atoms with E-state index in [9.17, 15) is 4.79 Å². The summed E-state index contributed by atoms with van der Waals surface area (Å²) in [6.45, 7) is 5.61. The van der Waals surface area contributed by atoms with Gasteiger partial charge in [-0.25, -0.2) is 14.8 Å². The molecule has 4 aromatic rings. The van der Waals surface area contributed by atoms with E-state index >= 15 is 0 Å². The van der Waals surface area contributed by atoms with E-state index in [1.54, 1.807) is 18.3 Å². The van der Waals surface area contributed by atoms with E-state index in [1.165, 1.54) is 5.56 Å². The number of piperazine rings is 1. The van der Waals surface area contributed by atoms with Crippen molar-refractivity contribution in [1.29, 1.82) is 0 Å². The summed E-state index contributed by atoms with van der Waals surface area (Å²) in [5, 5.41) is 3.53. The van der Waals surface area contributed by atoms with E-state index in [1.807, 2.05) is 29.2 Å². The number of amides is 2. The molecule has 1 aliphatic heterocycles. The van der Waals surface area contributed by atoms with Crippen molar-refractivity contribution in [3.63, 3.8) is 0 Å². The first-order chi connectivity index (χ1) is 16.1. The summed E-state index contributed by atoms with van der Waals surface area (Å²) >= 11 is 6.02. The van der Waals surface area contributed by atoms with Crippen LogP contribution >= 0.6 is 11.6 Å². The van der Waals surface area contributed by atoms with Gasteiger partial charge in [0.05, 0.1) is 6.54 Å². The summed E-state index contributed by atoms with van der Waals surface area (Å²) < 4.78 is 2.14. The average molecular weight is 461 g/mol. The third-order valence-corrected chi connectivity index (χ3v) is 6.08. The summed E-state index contributed by atoms with van der Waals surface area (Å²) in [7, 11) is 0. The molecule has 7 nitrogen and oxygen atoms in total. The predicted octanol–water partition coefficient (Wildman–Crippen LogP) is 4.73. The predicted molar refractivity (Wildman–Crippen MR) is 131 cm³/mol. The lowest BCUT2D eigenvalue weighted by molar-refractivity contribution is 0.140. The van der Waals surface area contributed by atoms with Crippen LogP contribution in [0.15, 0.2) is 66.9 Å². The number of fused-ring (bicyclic) bond motifs is 1. The maximum absolute atomic E-state index is 12.7. The molecule has 0 spiro atoms. The maximum Gasteiger partial charge on any atom is 0.321 e. The molecule has 0 saturated carbocycles. The van der Waals surface area contributed by atoms with Gasteiger partial charge in [-0.2, -0.15) is 0 Å². The SMILES string of the molecule is Cc1cccc(-n2c(CN3CCN(C(=O)Nc4cccc(Cl)c4)CC3)nc3cccnc32)c1. The Labute approximate surface area is 197 Å². The first kappa shape index (κ1) is 21.4. The van der Waals surface area contributed by atoms with Gasteiger partial charge < -0.3 is 10.2 Å². The number of hydrogen-bond acceptors (Lipinski definition) is 4. The number of anilines is 1. The largest absolute Gasteiger partial charge is 0.322 e. The van der Waals surface area contributed by atoms with Crippen LogP contribution in [0.1, 0.15) is 11.4 Å². The van der Waals surface area contributed by atoms with Crippen LogP contribution < -0.4 is 5.32 Å². The van der Waals surface area contributed by atoms with Gasteiger partial charge in [-0.15, -0.1) is 0 Å². The Morgan fingerprint density at radius 1 is 1.03 bits per heavy atom. The standard InChI is InChI=1S/C25H25ClN6O/c1-18-5-2-8-21(15-18)32-23(29-22-9-4-10-27-24(22)32)17-30-11-13-31(14-12-30)25(33)28-20-7-3-6-19(26)16-20/h2-10,15-16H,11-14,17H2,1H3,(H,28,33). The van der Waals surface area contributed by atoms with Gasteiger partial charge >= 0.3 is 6.03 Å². The molecule has 1 aliphatic rings. The van der Waals surface area contributed by atoms with E-state index in [4.69, 9.17) is 16.6 Å². The molecule has 2 aromatic heterocycles. The van der Waals surface area contributed by atoms with Crippen LogP contribution in [0, 0.1) is 6.92 Å². The number of urea groups is 1. The van der Waals surface area contributed by atoms with Gasteiger partial charge in [0.2, 0.25) is 0 Å². The molecule has 0 atom stereocenters. The summed E-state index contributed by atoms with van der Waals surface area (Å²) in [6.07, 6.45) is 1.80. The van der Waals surface area contributed by atoms with Crippen molar-refractivity contribution in [2.24, 2.45) is 0 Å². The Balaban J connectivity index is 1.30. The van der Waals surface area contributed by atoms with Crippen molar-refractivity contribution >= 4 is 34.5 Å². The number of aromatic nitrogens is 3. The third-order valence-electron chi connectivity index (χ3n) is 5.85. The molecular weight excluding hydrogens is 436 g/mol. The normalized spacial score (nSPS) is 14.5. The van der Waals surface area contributed by atoms with Crippen molar-refractivity contribution in [1.82, 2.24) is 24.3 Å². The van der Waals surface area contributed by atoms with E-state index in [-0.39, 0.29) is 6.03 Å². The highest BCUT2D eigenvalue weighted by Crippen LogP contribution is 2.22. The monoisotopic (exact) mass is 460 g/mol. The van der Waals surface area contributed by atoms with Crippen molar-refractivity contribution in [3.05, 3.63) is 83.3 Å². The molecule has 2 amide bonds. The molecule has 5 rings (SSSR count). The molecule has 0 unspecified atom stereocenters. The van der Waals surface area contributed by atoms with Crippen molar-refractivity contribution < 1.29 is 4.79 Å². The van der Waals surface area contributed by atoms with Crippen LogP contribution in [0.5, 0.6) is 0 Å². The van der Waals surface area contributed by atoms with Crippen LogP contribution in [-0.4, -0.2) is 56.5 Å². The molecule has 2 aromatic carbocycles. The highest BCUT2D eigenvalue weighted by molar-refractivity contribution is 6.30. The summed E-state index contributed by atoms with van der Waals surface area (Å²) in [4.78, 5) is 26.3. The second-order valence-electron chi connectivity index (χ2n) is 8.25. The fraction of sp³-hybridized carbons (Fsp3) is 0.240. The topological polar surface area (TPSA) is 66.3 Å². The number of carbonyl (C=O) groups excluding carboxylic acids is 1. The number of aryl methyl sites for hydroxylation is 1. The molecule has 0 aliphatic carbocycles. The second-order valence-corrected chi connectivity index (χ2v) is 8.69. The fourth-order valence-corrected chi connectivity index (χ4v) is 4.37. The molecule has 0 radical (unpaired) electrons. The number of rotatable bonds is 4. The average Bonchev–Trinajstić information content (AvgIpc) is 3.17. The van der Waals surface area contributed by atoms with Crippen LogP contribution in [0.25, 0.3) is 16.9 Å². The molecule has 168 valence electrons. The van der Waals surface area contributed by atoms with Gasteiger partial charge in [0.25, 0.3) is 0 Å². The Hall–Kier alpha value is -3.42. The Morgan fingerprint density at radius 3 is 2.64 bits per heavy atom. The highest BCUT2D eigenvalue weighted by Gasteiger charge is 2.23. The quantitative estimate of drug-likeness (QED) is 0.478. The fourth-order valence-electron chi connectivity index (χ4n) is 4.18. The van der Waals surface area contributed by atoms with E-state index in [0.717, 1.165) is 35.8 Å². The lowest BCUT2D eigenvalue weighted by Crippen LogP contribution is -2.49. The smallest absolute Gasteiger partial charge is 0.321 e. The Kier molecular flexibility index (Phi) is 5.98. The van der Waals surface area contributed by atoms with Gasteiger partial charge in [0.1, 0.15) is 11.3 Å². The van der Waals surface area contributed by atoms with Crippen LogP contribution in [0.4, 0.5) is 10.5 Å². The zero-order valence-electron chi connectivity index (χ0n) is 18.4. The number of pyridine rings is 1. The number of imidazole rings is 1. The first-order valence-electron chi connectivity index (χ1n) is 11.0. The Morgan fingerprint density at radius 2 is 1.85 bits per heavy atom. The lowest BCUT2D eigenvalue weighted by Gasteiger charge is -2.34. The number of nitrogens with one attached hydrogen (secondary N) is 1. The van der Waals surface area contributed by atoms with Gasteiger partial charge in [0.15, 0.2) is 5.65 Å². The van der Waals surface area contributed by atoms with Gasteiger partial charge in [-0.05, 0) is 55.0 Å². The van der Waals surface area contributed by atoms with E-state index in [0.29, 0.717) is 30.3 Å². The summed E-state index contributed by atoms with van der Waals surface area (Å²) in [5.41, 5.74) is 4.70. The van der Waals surface area contributed by atoms with Gasteiger partial charge in [-0.1, -0.05) is 29.8 Å². The van der Waals surface area contributed by atoms with Crippen molar-refractivity contribution in [2.75, 3.05) is 31.5 Å². The summed E-state index contributed by atoms with van der Waals surface area (Å²) in [6, 6.07) is 19.4. The Bertz CT molecular complexity index is 1300. The number of hydrogen-bond donors (Lipinski definition) is 1. The van der Waals surface area contributed by atoms with Crippen LogP contribution in [0.3, 0.4) is 0 Å². The lowest BCUT2D eigenvalue weighted by atomic mass is 10.2. The van der Waals surface area contributed by atoms with Gasteiger partial charge in [-0.3, -0.25) is 9.47 Å². The third kappa shape index (κ3) is 4.69. The van der Waals surface area contributed by atoms with Crippen molar-refractivity contribution in [3.8, 4) is 5.69 Å². The zero-order chi connectivity index (χ0) is 22.8. The van der Waals surface area contributed by atoms with E-state index < -0.39 is 0 Å². The minimum Gasteiger partial charge on any atom is -0.322 e. The molecule has 0 bridgehead atoms. The minimum absolute atomic E-state index is 0.104. The molecular formula is C25H25ClN6O. The van der Waals surface area contributed by atoms with Crippen LogP contribution in [-0.2, 0) is 6.54 Å². The molecule has 1 fully saturated rings. The van der Waals surface area contributed by atoms with Crippen LogP contribution in [0.2, 0.25) is 5.02 Å². The highest BCUT2D eigenvalue weighted by atomic mass is 35.5. The number of carbonyl (C=O) groups is 1.